The summed E-state index contributed by atoms with van der Waals surface area (Å²) >= 11 is 0. The minimum absolute atomic E-state index is 0.0585. The number of fused-ring (bicyclic) bond motifs is 1. The van der Waals surface area contributed by atoms with Crippen molar-refractivity contribution >= 4 is 32.6 Å². The van der Waals surface area contributed by atoms with Crippen molar-refractivity contribution < 1.29 is 23.1 Å². The number of ether oxygens (including phenoxy) is 1. The Labute approximate surface area is 227 Å². The molecule has 0 saturated carbocycles. The number of carbonyl (C=O) groups is 1. The van der Waals surface area contributed by atoms with Crippen molar-refractivity contribution in [3.05, 3.63) is 114 Å². The Morgan fingerprint density at radius 1 is 1.13 bits per heavy atom. The predicted octanol–water partition coefficient (Wildman–Crippen LogP) is 4.68. The number of nitrogens with zero attached hydrogens (tertiary/aromatic N) is 2. The monoisotopic (exact) mass is 543 g/mol. The van der Waals surface area contributed by atoms with Gasteiger partial charge in [-0.05, 0) is 60.4 Å². The van der Waals surface area contributed by atoms with Crippen LogP contribution in [0.15, 0.2) is 91.2 Å². The zero-order valence-corrected chi connectivity index (χ0v) is 22.3. The molecule has 4 aromatic rings. The molecule has 0 aliphatic heterocycles. The van der Waals surface area contributed by atoms with E-state index >= 15 is 0 Å². The highest BCUT2D eigenvalue weighted by molar-refractivity contribution is 7.91. The zero-order valence-electron chi connectivity index (χ0n) is 21.4. The second-order valence-corrected chi connectivity index (χ2v) is 12.0. The van der Waals surface area contributed by atoms with Crippen molar-refractivity contribution in [3.8, 4) is 5.75 Å². The van der Waals surface area contributed by atoms with E-state index in [1.165, 1.54) is 10.2 Å². The molecule has 0 radical (unpaired) electrons. The molecule has 2 heterocycles. The molecule has 1 aliphatic rings. The molecular formula is C30H29N3O5S. The number of aliphatic carboxylic acids is 1. The molecule has 3 N–H and O–H groups in total. The predicted molar refractivity (Wildman–Crippen MR) is 151 cm³/mol. The van der Waals surface area contributed by atoms with Gasteiger partial charge in [-0.1, -0.05) is 54.6 Å². The van der Waals surface area contributed by atoms with Crippen molar-refractivity contribution in [3.63, 3.8) is 0 Å². The second kappa shape index (κ2) is 10.5. The maximum absolute atomic E-state index is 13.9. The highest BCUT2D eigenvalue weighted by Crippen LogP contribution is 2.35. The van der Waals surface area contributed by atoms with Gasteiger partial charge < -0.3 is 15.6 Å². The molecule has 0 spiro atoms. The van der Waals surface area contributed by atoms with Crippen LogP contribution < -0.4 is 10.5 Å². The summed E-state index contributed by atoms with van der Waals surface area (Å²) in [6, 6.07) is 20.1. The molecule has 1 atom stereocenters. The Morgan fingerprint density at radius 3 is 2.69 bits per heavy atom. The first-order valence-corrected chi connectivity index (χ1v) is 14.0. The number of rotatable bonds is 9. The highest BCUT2D eigenvalue weighted by Gasteiger charge is 2.39. The largest absolute Gasteiger partial charge is 0.487 e. The first-order chi connectivity index (χ1) is 18.7. The topological polar surface area (TPSA) is 125 Å². The molecule has 2 aromatic heterocycles. The number of carboxylic acids is 1. The maximum atomic E-state index is 13.9. The van der Waals surface area contributed by atoms with E-state index in [0.29, 0.717) is 41.0 Å². The van der Waals surface area contributed by atoms with E-state index in [0.717, 1.165) is 16.7 Å². The van der Waals surface area contributed by atoms with Gasteiger partial charge in [0, 0.05) is 23.7 Å². The summed E-state index contributed by atoms with van der Waals surface area (Å²) in [5, 5.41) is 9.85. The summed E-state index contributed by atoms with van der Waals surface area (Å²) in [5.74, 6) is -0.505. The van der Waals surface area contributed by atoms with E-state index in [-0.39, 0.29) is 13.0 Å². The average molecular weight is 544 g/mol. The molecule has 1 unspecified atom stereocenters. The van der Waals surface area contributed by atoms with Gasteiger partial charge in [0.05, 0.1) is 12.1 Å². The summed E-state index contributed by atoms with van der Waals surface area (Å²) < 4.78 is 33.7. The summed E-state index contributed by atoms with van der Waals surface area (Å²) in [6.07, 6.45) is 7.21. The van der Waals surface area contributed by atoms with Crippen LogP contribution in [-0.4, -0.2) is 33.2 Å². The Kier molecular flexibility index (Phi) is 7.12. The maximum Gasteiger partial charge on any atom is 0.307 e. The number of pyridine rings is 1. The van der Waals surface area contributed by atoms with Crippen molar-refractivity contribution in [1.82, 2.24) is 8.96 Å². The summed E-state index contributed by atoms with van der Waals surface area (Å²) in [5.41, 5.74) is 10.1. The van der Waals surface area contributed by atoms with Crippen LogP contribution in [0, 0.1) is 0 Å². The fourth-order valence-electron chi connectivity index (χ4n) is 4.63. The fourth-order valence-corrected chi connectivity index (χ4v) is 6.20. The molecule has 8 nitrogen and oxygen atoms in total. The van der Waals surface area contributed by atoms with Crippen LogP contribution >= 0.6 is 0 Å². The Hall–Kier alpha value is -4.21. The average Bonchev–Trinajstić information content (AvgIpc) is 3.37. The van der Waals surface area contributed by atoms with Gasteiger partial charge in [-0.3, -0.25) is 4.79 Å². The van der Waals surface area contributed by atoms with Crippen LogP contribution in [0.25, 0.3) is 16.6 Å². The van der Waals surface area contributed by atoms with Crippen molar-refractivity contribution in [2.24, 2.45) is 5.73 Å². The Balaban J connectivity index is 1.39. The lowest BCUT2D eigenvalue weighted by molar-refractivity contribution is -0.136. The molecule has 200 valence electrons. The molecule has 0 bridgehead atoms. The molecule has 39 heavy (non-hydrogen) atoms. The van der Waals surface area contributed by atoms with Crippen LogP contribution in [0.5, 0.6) is 5.75 Å². The van der Waals surface area contributed by atoms with E-state index in [1.807, 2.05) is 36.4 Å². The van der Waals surface area contributed by atoms with Crippen LogP contribution in [0.4, 0.5) is 0 Å². The SMILES string of the molecule is CC1(S(=O)(=O)n2ccc3ccc(COc4ccccc4CC(=O)O)nc32)C=CC(c2cccc(CN)c2)=CC1. The fraction of sp³-hybridized carbons (Fsp3) is 0.200. The molecule has 0 saturated heterocycles. The number of nitrogens with two attached hydrogens (primary N) is 1. The molecule has 9 heteroatoms. The van der Waals surface area contributed by atoms with Gasteiger partial charge in [0.1, 0.15) is 17.1 Å². The third-order valence-corrected chi connectivity index (χ3v) is 9.23. The third kappa shape index (κ3) is 5.23. The van der Waals surface area contributed by atoms with E-state index in [1.54, 1.807) is 55.5 Å². The van der Waals surface area contributed by atoms with E-state index in [4.69, 9.17) is 15.6 Å². The number of hydrogen-bond donors (Lipinski definition) is 2. The molecule has 2 aromatic carbocycles. The third-order valence-electron chi connectivity index (χ3n) is 6.94. The van der Waals surface area contributed by atoms with Gasteiger partial charge in [0.25, 0.3) is 0 Å². The van der Waals surface area contributed by atoms with Gasteiger partial charge in [0.2, 0.25) is 10.0 Å². The zero-order chi connectivity index (χ0) is 27.6. The smallest absolute Gasteiger partial charge is 0.307 e. The number of aromatic nitrogens is 2. The number of hydrogen-bond acceptors (Lipinski definition) is 6. The van der Waals surface area contributed by atoms with Gasteiger partial charge in [-0.25, -0.2) is 17.4 Å². The quantitative estimate of drug-likeness (QED) is 0.314. The van der Waals surface area contributed by atoms with Crippen LogP contribution in [0.1, 0.15) is 35.7 Å². The summed E-state index contributed by atoms with van der Waals surface area (Å²) in [7, 11) is -3.87. The lowest BCUT2D eigenvalue weighted by Gasteiger charge is -2.28. The Morgan fingerprint density at radius 2 is 1.95 bits per heavy atom. The van der Waals surface area contributed by atoms with Crippen molar-refractivity contribution in [1.29, 1.82) is 0 Å². The van der Waals surface area contributed by atoms with Gasteiger partial charge >= 0.3 is 5.97 Å². The van der Waals surface area contributed by atoms with Crippen LogP contribution in [-0.2, 0) is 34.4 Å². The first-order valence-electron chi connectivity index (χ1n) is 12.5. The van der Waals surface area contributed by atoms with E-state index in [9.17, 15) is 13.2 Å². The van der Waals surface area contributed by atoms with Crippen molar-refractivity contribution in [2.75, 3.05) is 0 Å². The van der Waals surface area contributed by atoms with Gasteiger partial charge in [-0.2, -0.15) is 0 Å². The summed E-state index contributed by atoms with van der Waals surface area (Å²) in [6.45, 7) is 2.20. The minimum Gasteiger partial charge on any atom is -0.487 e. The van der Waals surface area contributed by atoms with E-state index in [2.05, 4.69) is 4.98 Å². The number of carboxylic acid groups (broad SMARTS) is 1. The number of benzene rings is 2. The first kappa shape index (κ1) is 26.4. The second-order valence-electron chi connectivity index (χ2n) is 9.71. The minimum atomic E-state index is -3.87. The molecule has 1 aliphatic carbocycles. The molecular weight excluding hydrogens is 514 g/mol. The Bertz CT molecular complexity index is 1720. The number of para-hydroxylation sites is 1. The lowest BCUT2D eigenvalue weighted by atomic mass is 9.93. The van der Waals surface area contributed by atoms with Crippen LogP contribution in [0.2, 0.25) is 0 Å². The normalized spacial score (nSPS) is 17.2. The van der Waals surface area contributed by atoms with Crippen molar-refractivity contribution in [2.45, 2.75) is 37.7 Å². The van der Waals surface area contributed by atoms with Gasteiger partial charge in [0.15, 0.2) is 5.65 Å². The van der Waals surface area contributed by atoms with Gasteiger partial charge in [-0.15, -0.1) is 0 Å². The van der Waals surface area contributed by atoms with E-state index < -0.39 is 20.7 Å². The molecule has 5 rings (SSSR count). The molecule has 0 fully saturated rings. The number of allylic oxidation sites excluding steroid dienone is 3. The standard InChI is InChI=1S/C30H29N3O5S/c1-30(14-11-22(12-15-30)24-7-4-5-21(17-24)19-31)39(36,37)33-16-13-23-9-10-26(32-29(23)33)20-38-27-8-3-2-6-25(27)18-28(34)35/h2-14,16-17H,15,18-20,31H2,1H3,(H,34,35). The lowest BCUT2D eigenvalue weighted by Crippen LogP contribution is -2.38. The molecule has 0 amide bonds. The highest BCUT2D eigenvalue weighted by atomic mass is 32.2. The summed E-state index contributed by atoms with van der Waals surface area (Å²) in [4.78, 5) is 15.8. The van der Waals surface area contributed by atoms with Crippen LogP contribution in [0.3, 0.4) is 0 Å².